The molecule has 1 aromatic carbocycles. The highest BCUT2D eigenvalue weighted by Crippen LogP contribution is 2.12. The largest absolute Gasteiger partial charge is 0.328 e. The molecule has 0 aromatic heterocycles. The highest BCUT2D eigenvalue weighted by molar-refractivity contribution is 6.30. The average Bonchev–Trinajstić information content (AvgIpc) is 2.03. The van der Waals surface area contributed by atoms with Crippen molar-refractivity contribution in [2.45, 2.75) is 32.2 Å². The van der Waals surface area contributed by atoms with Crippen molar-refractivity contribution in [3.8, 4) is 0 Å². The molecule has 0 saturated heterocycles. The first-order valence-corrected chi connectivity index (χ1v) is 5.06. The van der Waals surface area contributed by atoms with Gasteiger partial charge in [-0.2, -0.15) is 0 Å². The van der Waals surface area contributed by atoms with Gasteiger partial charge < -0.3 is 5.73 Å². The summed E-state index contributed by atoms with van der Waals surface area (Å²) in [6, 6.07) is 8.31. The Bertz CT molecular complexity index is 258. The van der Waals surface area contributed by atoms with Crippen molar-refractivity contribution in [1.29, 1.82) is 0 Å². The van der Waals surface area contributed by atoms with Gasteiger partial charge in [0, 0.05) is 11.1 Å². The molecule has 0 aliphatic carbocycles. The van der Waals surface area contributed by atoms with Crippen molar-refractivity contribution in [3.63, 3.8) is 0 Å². The van der Waals surface area contributed by atoms with E-state index in [9.17, 15) is 0 Å². The Labute approximate surface area is 84.9 Å². The van der Waals surface area contributed by atoms with E-state index in [1.165, 1.54) is 5.56 Å². The van der Waals surface area contributed by atoms with Crippen molar-refractivity contribution in [3.05, 3.63) is 34.9 Å². The third-order valence-electron chi connectivity index (χ3n) is 2.01. The summed E-state index contributed by atoms with van der Waals surface area (Å²) in [5, 5.41) is 0.818. The molecule has 0 spiro atoms. The van der Waals surface area contributed by atoms with Crippen molar-refractivity contribution in [1.82, 2.24) is 0 Å². The maximum Gasteiger partial charge on any atom is 0.0408 e. The zero-order valence-corrected chi connectivity index (χ0v) is 8.72. The lowest BCUT2D eigenvalue weighted by atomic mass is 10.1. The minimum Gasteiger partial charge on any atom is -0.328 e. The van der Waals surface area contributed by atoms with Gasteiger partial charge in [-0.05, 0) is 43.9 Å². The number of nitrogens with two attached hydrogens (primary N) is 1. The van der Waals surface area contributed by atoms with E-state index in [-0.39, 0.29) is 0 Å². The van der Waals surface area contributed by atoms with Crippen LogP contribution in [0.25, 0.3) is 0 Å². The Balaban J connectivity index is 2.37. The molecule has 1 nitrogen and oxygen atoms in total. The molecule has 1 atom stereocenters. The molecule has 2 heteroatoms. The monoisotopic (exact) mass is 197 g/mol. The van der Waals surface area contributed by atoms with Gasteiger partial charge in [-0.15, -0.1) is 0 Å². The first-order valence-electron chi connectivity index (χ1n) is 4.68. The quantitative estimate of drug-likeness (QED) is 0.789. The molecule has 13 heavy (non-hydrogen) atoms. The van der Waals surface area contributed by atoms with Gasteiger partial charge >= 0.3 is 0 Å². The van der Waals surface area contributed by atoms with Gasteiger partial charge in [-0.1, -0.05) is 23.7 Å². The fourth-order valence-corrected chi connectivity index (χ4v) is 1.53. The molecule has 0 fully saturated rings. The summed E-state index contributed by atoms with van der Waals surface area (Å²) in [7, 11) is 0. The number of rotatable bonds is 4. The predicted molar refractivity (Wildman–Crippen MR) is 58.0 cm³/mol. The molecule has 0 heterocycles. The summed E-state index contributed by atoms with van der Waals surface area (Å²) in [5.41, 5.74) is 6.96. The fraction of sp³-hybridized carbons (Fsp3) is 0.455. The SMILES string of the molecule is CC(N)CCCc1cccc(Cl)c1. The molecule has 1 aromatic rings. The smallest absolute Gasteiger partial charge is 0.0408 e. The van der Waals surface area contributed by atoms with Gasteiger partial charge in [0.1, 0.15) is 0 Å². The third kappa shape index (κ3) is 4.30. The van der Waals surface area contributed by atoms with Crippen LogP contribution in [0.1, 0.15) is 25.3 Å². The molecule has 0 bridgehead atoms. The summed E-state index contributed by atoms with van der Waals surface area (Å²) in [4.78, 5) is 0. The second-order valence-electron chi connectivity index (χ2n) is 3.50. The van der Waals surface area contributed by atoms with Crippen LogP contribution in [0.5, 0.6) is 0 Å². The van der Waals surface area contributed by atoms with Crippen LogP contribution < -0.4 is 5.73 Å². The van der Waals surface area contributed by atoms with Crippen molar-refractivity contribution in [2.75, 3.05) is 0 Å². The van der Waals surface area contributed by atoms with Gasteiger partial charge in [0.25, 0.3) is 0 Å². The predicted octanol–water partition coefficient (Wildman–Crippen LogP) is 3.01. The lowest BCUT2D eigenvalue weighted by molar-refractivity contribution is 0.624. The molecule has 72 valence electrons. The number of hydrogen-bond donors (Lipinski definition) is 1. The summed E-state index contributed by atoms with van der Waals surface area (Å²) >= 11 is 5.86. The fourth-order valence-electron chi connectivity index (χ4n) is 1.32. The average molecular weight is 198 g/mol. The number of aryl methyl sites for hydroxylation is 1. The van der Waals surface area contributed by atoms with Crippen LogP contribution in [-0.4, -0.2) is 6.04 Å². The topological polar surface area (TPSA) is 26.0 Å². The molecular weight excluding hydrogens is 182 g/mol. The normalized spacial score (nSPS) is 12.8. The Kier molecular flexibility index (Phi) is 4.26. The molecule has 0 radical (unpaired) electrons. The van der Waals surface area contributed by atoms with Crippen LogP contribution >= 0.6 is 11.6 Å². The van der Waals surface area contributed by atoms with Gasteiger partial charge in [0.05, 0.1) is 0 Å². The van der Waals surface area contributed by atoms with Crippen LogP contribution in [0.15, 0.2) is 24.3 Å². The second kappa shape index (κ2) is 5.25. The van der Waals surface area contributed by atoms with E-state index in [4.69, 9.17) is 17.3 Å². The Morgan fingerprint density at radius 3 is 2.85 bits per heavy atom. The van der Waals surface area contributed by atoms with E-state index in [1.54, 1.807) is 0 Å². The van der Waals surface area contributed by atoms with E-state index in [0.29, 0.717) is 6.04 Å². The third-order valence-corrected chi connectivity index (χ3v) is 2.25. The molecule has 0 saturated carbocycles. The Morgan fingerprint density at radius 2 is 2.23 bits per heavy atom. The van der Waals surface area contributed by atoms with E-state index in [0.717, 1.165) is 24.3 Å². The first-order chi connectivity index (χ1) is 6.18. The van der Waals surface area contributed by atoms with E-state index < -0.39 is 0 Å². The maximum atomic E-state index is 5.86. The van der Waals surface area contributed by atoms with Gasteiger partial charge in [-0.3, -0.25) is 0 Å². The number of benzene rings is 1. The molecule has 0 aliphatic heterocycles. The summed E-state index contributed by atoms with van der Waals surface area (Å²) in [6.45, 7) is 2.04. The van der Waals surface area contributed by atoms with Crippen LogP contribution in [0.2, 0.25) is 5.02 Å². The molecule has 0 aliphatic rings. The zero-order valence-electron chi connectivity index (χ0n) is 7.96. The second-order valence-corrected chi connectivity index (χ2v) is 3.94. The molecule has 1 rings (SSSR count). The highest BCUT2D eigenvalue weighted by atomic mass is 35.5. The first kappa shape index (κ1) is 10.6. The van der Waals surface area contributed by atoms with Crippen molar-refractivity contribution in [2.24, 2.45) is 5.73 Å². The van der Waals surface area contributed by atoms with Crippen LogP contribution in [0, 0.1) is 0 Å². The van der Waals surface area contributed by atoms with Gasteiger partial charge in [-0.25, -0.2) is 0 Å². The van der Waals surface area contributed by atoms with Crippen LogP contribution in [0.4, 0.5) is 0 Å². The van der Waals surface area contributed by atoms with Gasteiger partial charge in [0.2, 0.25) is 0 Å². The van der Waals surface area contributed by atoms with E-state index in [1.807, 2.05) is 25.1 Å². The summed E-state index contributed by atoms with van der Waals surface area (Å²) < 4.78 is 0. The minimum absolute atomic E-state index is 0.305. The Hall–Kier alpha value is -0.530. The number of hydrogen-bond acceptors (Lipinski definition) is 1. The molecular formula is C11H16ClN. The zero-order chi connectivity index (χ0) is 9.68. The van der Waals surface area contributed by atoms with E-state index >= 15 is 0 Å². The van der Waals surface area contributed by atoms with Crippen molar-refractivity contribution < 1.29 is 0 Å². The highest BCUT2D eigenvalue weighted by Gasteiger charge is 1.96. The number of halogens is 1. The maximum absolute atomic E-state index is 5.86. The Morgan fingerprint density at radius 1 is 1.46 bits per heavy atom. The lowest BCUT2D eigenvalue weighted by Gasteiger charge is -2.04. The van der Waals surface area contributed by atoms with Crippen LogP contribution in [-0.2, 0) is 6.42 Å². The van der Waals surface area contributed by atoms with Gasteiger partial charge in [0.15, 0.2) is 0 Å². The van der Waals surface area contributed by atoms with Crippen LogP contribution in [0.3, 0.4) is 0 Å². The summed E-state index contributed by atoms with van der Waals surface area (Å²) in [5.74, 6) is 0. The lowest BCUT2D eigenvalue weighted by Crippen LogP contribution is -2.14. The van der Waals surface area contributed by atoms with E-state index in [2.05, 4.69) is 6.07 Å². The standard InChI is InChI=1S/C11H16ClN/c1-9(13)4-2-5-10-6-3-7-11(12)8-10/h3,6-9H,2,4-5,13H2,1H3. The summed E-state index contributed by atoms with van der Waals surface area (Å²) in [6.07, 6.45) is 3.28. The molecule has 0 amide bonds. The van der Waals surface area contributed by atoms with Crippen molar-refractivity contribution >= 4 is 11.6 Å². The minimum atomic E-state index is 0.305. The molecule has 2 N–H and O–H groups in total. The molecule has 1 unspecified atom stereocenters.